The number of rotatable bonds is 2. The molecule has 0 aliphatic heterocycles. The summed E-state index contributed by atoms with van der Waals surface area (Å²) in [6.45, 7) is 0. The van der Waals surface area contributed by atoms with Gasteiger partial charge in [0.15, 0.2) is 0 Å². The maximum Gasteiger partial charge on any atom is 0.109 e. The highest BCUT2D eigenvalue weighted by atomic mass is 35.5. The molecule has 2 rings (SSSR count). The Morgan fingerprint density at radius 1 is 0.875 bits per heavy atom. The van der Waals surface area contributed by atoms with Crippen molar-refractivity contribution in [2.75, 3.05) is 0 Å². The van der Waals surface area contributed by atoms with E-state index in [2.05, 4.69) is 0 Å². The Balaban J connectivity index is 2.42. The molecule has 0 amide bonds. The first-order valence-corrected chi connectivity index (χ1v) is 7.21. The number of aliphatic hydroxyl groups is 1. The van der Waals surface area contributed by atoms with Crippen LogP contribution in [-0.4, -0.2) is 5.11 Å². The van der Waals surface area contributed by atoms with Gasteiger partial charge in [-0.15, -0.1) is 22.7 Å². The number of hydrogen-bond acceptors (Lipinski definition) is 3. The average Bonchev–Trinajstić information content (AvgIpc) is 2.68. The molecule has 0 aliphatic carbocycles. The maximum atomic E-state index is 10.1. The van der Waals surface area contributed by atoms with Crippen LogP contribution in [0.15, 0.2) is 12.1 Å². The van der Waals surface area contributed by atoms with E-state index in [0.717, 1.165) is 0 Å². The Labute approximate surface area is 120 Å². The molecule has 0 radical (unpaired) electrons. The van der Waals surface area contributed by atoms with Crippen LogP contribution < -0.4 is 0 Å². The van der Waals surface area contributed by atoms with Gasteiger partial charge in [-0.1, -0.05) is 46.4 Å². The SMILES string of the molecule is OC(c1cc(Cl)sc1Cl)c1cc(Cl)sc1Cl. The van der Waals surface area contributed by atoms with Crippen molar-refractivity contribution in [1.29, 1.82) is 0 Å². The molecule has 0 saturated heterocycles. The maximum absolute atomic E-state index is 10.1. The van der Waals surface area contributed by atoms with Crippen molar-refractivity contribution in [3.63, 3.8) is 0 Å². The van der Waals surface area contributed by atoms with Crippen LogP contribution in [-0.2, 0) is 0 Å². The van der Waals surface area contributed by atoms with Gasteiger partial charge in [0.25, 0.3) is 0 Å². The molecule has 0 fully saturated rings. The van der Waals surface area contributed by atoms with Crippen LogP contribution in [0.4, 0.5) is 0 Å². The van der Waals surface area contributed by atoms with Crippen molar-refractivity contribution in [3.05, 3.63) is 40.6 Å². The first kappa shape index (κ1) is 13.0. The minimum Gasteiger partial charge on any atom is -0.383 e. The van der Waals surface area contributed by atoms with Gasteiger partial charge >= 0.3 is 0 Å². The fourth-order valence-corrected chi connectivity index (χ4v) is 4.29. The van der Waals surface area contributed by atoms with E-state index in [9.17, 15) is 5.11 Å². The number of aliphatic hydroxyl groups excluding tert-OH is 1. The second-order valence-electron chi connectivity index (χ2n) is 2.96. The minimum absolute atomic E-state index is 0.455. The first-order valence-electron chi connectivity index (χ1n) is 4.06. The van der Waals surface area contributed by atoms with E-state index in [-0.39, 0.29) is 0 Å². The number of halogens is 4. The molecule has 0 bridgehead atoms. The molecule has 0 aliphatic rings. The van der Waals surface area contributed by atoms with Crippen LogP contribution in [0, 0.1) is 0 Å². The van der Waals surface area contributed by atoms with Gasteiger partial charge in [-0.25, -0.2) is 0 Å². The fraction of sp³-hybridized carbons (Fsp3) is 0.111. The smallest absolute Gasteiger partial charge is 0.109 e. The minimum atomic E-state index is -0.896. The van der Waals surface area contributed by atoms with Gasteiger partial charge < -0.3 is 5.11 Å². The summed E-state index contributed by atoms with van der Waals surface area (Å²) in [5.41, 5.74) is 1.10. The first-order chi connectivity index (χ1) is 7.49. The molecule has 2 heterocycles. The van der Waals surface area contributed by atoms with E-state index in [1.165, 1.54) is 22.7 Å². The van der Waals surface area contributed by atoms with E-state index < -0.39 is 6.10 Å². The number of hydrogen-bond donors (Lipinski definition) is 1. The molecular weight excluding hydrogens is 330 g/mol. The highest BCUT2D eigenvalue weighted by Gasteiger charge is 2.21. The normalized spacial score (nSPS) is 11.4. The third-order valence-electron chi connectivity index (χ3n) is 1.96. The van der Waals surface area contributed by atoms with Crippen LogP contribution in [0.1, 0.15) is 17.2 Å². The Morgan fingerprint density at radius 2 is 1.25 bits per heavy atom. The topological polar surface area (TPSA) is 20.2 Å². The zero-order valence-corrected chi connectivity index (χ0v) is 12.2. The van der Waals surface area contributed by atoms with Crippen molar-refractivity contribution in [1.82, 2.24) is 0 Å². The fourth-order valence-electron chi connectivity index (χ4n) is 1.25. The molecule has 0 unspecified atom stereocenters. The van der Waals surface area contributed by atoms with E-state index in [1.807, 2.05) is 0 Å². The third-order valence-corrected chi connectivity index (χ3v) is 4.99. The van der Waals surface area contributed by atoms with E-state index in [1.54, 1.807) is 12.1 Å². The third kappa shape index (κ3) is 2.51. The van der Waals surface area contributed by atoms with Crippen molar-refractivity contribution < 1.29 is 5.11 Å². The summed E-state index contributed by atoms with van der Waals surface area (Å²) in [6, 6.07) is 3.25. The standard InChI is InChI=1S/C9H4Cl4OS2/c10-5-1-3(8(12)15-5)7(14)4-2-6(11)16-9(4)13/h1-2,7,14H. The van der Waals surface area contributed by atoms with Crippen molar-refractivity contribution in [3.8, 4) is 0 Å². The Bertz CT molecular complexity index is 473. The summed E-state index contributed by atoms with van der Waals surface area (Å²) >= 11 is 25.9. The van der Waals surface area contributed by atoms with Crippen molar-refractivity contribution >= 4 is 69.1 Å². The summed E-state index contributed by atoms with van der Waals surface area (Å²) < 4.78 is 1.96. The van der Waals surface area contributed by atoms with Gasteiger partial charge in [-0.2, -0.15) is 0 Å². The zero-order valence-electron chi connectivity index (χ0n) is 7.51. The molecule has 0 atom stereocenters. The Kier molecular flexibility index (Phi) is 4.07. The Hall–Kier alpha value is 0.520. The lowest BCUT2D eigenvalue weighted by Gasteiger charge is -2.08. The predicted octanol–water partition coefficient (Wildman–Crippen LogP) is 5.50. The lowest BCUT2D eigenvalue weighted by atomic mass is 10.1. The molecule has 1 nitrogen and oxygen atoms in total. The molecule has 7 heteroatoms. The quantitative estimate of drug-likeness (QED) is 0.768. The predicted molar refractivity (Wildman–Crippen MR) is 72.7 cm³/mol. The van der Waals surface area contributed by atoms with Crippen LogP contribution in [0.2, 0.25) is 17.3 Å². The molecule has 2 aromatic heterocycles. The van der Waals surface area contributed by atoms with E-state index in [0.29, 0.717) is 28.5 Å². The molecule has 0 aromatic carbocycles. The highest BCUT2D eigenvalue weighted by Crippen LogP contribution is 2.42. The van der Waals surface area contributed by atoms with Gasteiger partial charge in [0.1, 0.15) is 14.8 Å². The summed E-state index contributed by atoms with van der Waals surface area (Å²) in [5, 5.41) is 10.1. The monoisotopic (exact) mass is 332 g/mol. The van der Waals surface area contributed by atoms with Gasteiger partial charge in [0.05, 0.1) is 8.67 Å². The van der Waals surface area contributed by atoms with Crippen LogP contribution in [0.5, 0.6) is 0 Å². The Morgan fingerprint density at radius 3 is 1.50 bits per heavy atom. The molecular formula is C9H4Cl4OS2. The second kappa shape index (κ2) is 5.02. The zero-order chi connectivity index (χ0) is 11.9. The lowest BCUT2D eigenvalue weighted by molar-refractivity contribution is 0.221. The van der Waals surface area contributed by atoms with E-state index in [4.69, 9.17) is 46.4 Å². The largest absolute Gasteiger partial charge is 0.383 e. The van der Waals surface area contributed by atoms with Crippen molar-refractivity contribution in [2.45, 2.75) is 6.10 Å². The van der Waals surface area contributed by atoms with Crippen LogP contribution in [0.25, 0.3) is 0 Å². The van der Waals surface area contributed by atoms with Gasteiger partial charge in [0.2, 0.25) is 0 Å². The number of thiophene rings is 2. The summed E-state index contributed by atoms with van der Waals surface area (Å²) in [5.74, 6) is 0. The molecule has 86 valence electrons. The van der Waals surface area contributed by atoms with Crippen LogP contribution in [0.3, 0.4) is 0 Å². The summed E-state index contributed by atoms with van der Waals surface area (Å²) in [4.78, 5) is 0. The van der Waals surface area contributed by atoms with Gasteiger partial charge in [0, 0.05) is 11.1 Å². The molecule has 2 aromatic rings. The molecule has 0 saturated carbocycles. The second-order valence-corrected chi connectivity index (χ2v) is 7.53. The van der Waals surface area contributed by atoms with Crippen molar-refractivity contribution in [2.24, 2.45) is 0 Å². The summed E-state index contributed by atoms with van der Waals surface area (Å²) in [7, 11) is 0. The average molecular weight is 334 g/mol. The molecule has 1 N–H and O–H groups in total. The van der Waals surface area contributed by atoms with Crippen LogP contribution >= 0.6 is 69.1 Å². The van der Waals surface area contributed by atoms with Gasteiger partial charge in [-0.05, 0) is 12.1 Å². The van der Waals surface area contributed by atoms with Gasteiger partial charge in [-0.3, -0.25) is 0 Å². The molecule has 0 spiro atoms. The molecule has 16 heavy (non-hydrogen) atoms. The van der Waals surface area contributed by atoms with E-state index >= 15 is 0 Å². The summed E-state index contributed by atoms with van der Waals surface area (Å²) in [6.07, 6.45) is -0.896. The highest BCUT2D eigenvalue weighted by molar-refractivity contribution is 7.20. The lowest BCUT2D eigenvalue weighted by Crippen LogP contribution is -1.97.